The van der Waals surface area contributed by atoms with Crippen molar-refractivity contribution < 1.29 is 9.53 Å². The van der Waals surface area contributed by atoms with Crippen LogP contribution >= 0.6 is 0 Å². The molecule has 0 aromatic heterocycles. The maximum absolute atomic E-state index is 12.4. The number of methoxy groups -OCH3 is 1. The molecule has 26 heavy (non-hydrogen) atoms. The third-order valence-electron chi connectivity index (χ3n) is 4.91. The van der Waals surface area contributed by atoms with E-state index in [4.69, 9.17) is 4.74 Å². The normalized spacial score (nSPS) is 22.2. The van der Waals surface area contributed by atoms with Crippen LogP contribution in [0.25, 0.3) is 0 Å². The van der Waals surface area contributed by atoms with Gasteiger partial charge in [-0.2, -0.15) is 0 Å². The Balaban J connectivity index is 1.58. The second-order valence-corrected chi connectivity index (χ2v) is 6.91. The highest BCUT2D eigenvalue weighted by Crippen LogP contribution is 2.26. The van der Waals surface area contributed by atoms with Gasteiger partial charge in [-0.3, -0.25) is 10.2 Å². The molecule has 5 nitrogen and oxygen atoms in total. The summed E-state index contributed by atoms with van der Waals surface area (Å²) in [5.41, 5.74) is 10.1. The molecule has 0 bridgehead atoms. The largest absolute Gasteiger partial charge is 0.497 e. The maximum Gasteiger partial charge on any atom is 0.221 e. The third kappa shape index (κ3) is 4.42. The molecule has 1 aliphatic heterocycles. The third-order valence-corrected chi connectivity index (χ3v) is 4.91. The molecule has 5 heteroatoms. The molecule has 1 saturated heterocycles. The smallest absolute Gasteiger partial charge is 0.221 e. The summed E-state index contributed by atoms with van der Waals surface area (Å²) in [6, 6.07) is 16.5. The Labute approximate surface area is 155 Å². The molecule has 0 spiro atoms. The van der Waals surface area contributed by atoms with Gasteiger partial charge < -0.3 is 10.1 Å². The van der Waals surface area contributed by atoms with Crippen LogP contribution in [0.4, 0.5) is 0 Å². The molecule has 2 aromatic carbocycles. The summed E-state index contributed by atoms with van der Waals surface area (Å²) in [5, 5.41) is 3.13. The number of rotatable bonds is 6. The van der Waals surface area contributed by atoms with E-state index < -0.39 is 0 Å². The highest BCUT2D eigenvalue weighted by Gasteiger charge is 2.35. The molecule has 0 radical (unpaired) electrons. The average Bonchev–Trinajstić information content (AvgIpc) is 3.00. The number of ether oxygens (including phenoxy) is 1. The van der Waals surface area contributed by atoms with Crippen molar-refractivity contribution in [2.24, 2.45) is 0 Å². The molecule has 2 aromatic rings. The van der Waals surface area contributed by atoms with Crippen LogP contribution < -0.4 is 20.9 Å². The number of aryl methyl sites for hydroxylation is 2. The van der Waals surface area contributed by atoms with E-state index in [9.17, 15) is 4.79 Å². The zero-order chi connectivity index (χ0) is 18.5. The highest BCUT2D eigenvalue weighted by atomic mass is 16.5. The van der Waals surface area contributed by atoms with E-state index in [1.54, 1.807) is 7.11 Å². The van der Waals surface area contributed by atoms with E-state index in [1.807, 2.05) is 24.3 Å². The van der Waals surface area contributed by atoms with Crippen LogP contribution in [0.15, 0.2) is 48.5 Å². The van der Waals surface area contributed by atoms with E-state index in [0.29, 0.717) is 12.8 Å². The second-order valence-electron chi connectivity index (χ2n) is 6.91. The molecule has 1 aliphatic rings. The summed E-state index contributed by atoms with van der Waals surface area (Å²) in [6.45, 7) is 4.22. The molecule has 0 aliphatic carbocycles. The number of nitrogens with one attached hydrogen (secondary N) is 3. The Morgan fingerprint density at radius 1 is 1.15 bits per heavy atom. The average molecular weight is 353 g/mol. The molecule has 138 valence electrons. The van der Waals surface area contributed by atoms with Crippen LogP contribution in [0.1, 0.15) is 36.0 Å². The van der Waals surface area contributed by atoms with Gasteiger partial charge >= 0.3 is 0 Å². The lowest BCUT2D eigenvalue weighted by atomic mass is 9.90. The highest BCUT2D eigenvalue weighted by molar-refractivity contribution is 5.76. The number of hydrogen-bond donors (Lipinski definition) is 3. The van der Waals surface area contributed by atoms with Crippen LogP contribution in [-0.4, -0.2) is 25.2 Å². The first-order chi connectivity index (χ1) is 12.6. The molecular weight excluding hydrogens is 326 g/mol. The number of hydrogen-bond acceptors (Lipinski definition) is 4. The maximum atomic E-state index is 12.4. The van der Waals surface area contributed by atoms with Crippen molar-refractivity contribution in [3.8, 4) is 5.75 Å². The van der Waals surface area contributed by atoms with Crippen LogP contribution in [0.2, 0.25) is 0 Å². The molecule has 3 unspecified atom stereocenters. The quantitative estimate of drug-likeness (QED) is 0.747. The summed E-state index contributed by atoms with van der Waals surface area (Å²) in [5.74, 6) is 1.07. The van der Waals surface area contributed by atoms with Crippen molar-refractivity contribution in [2.75, 3.05) is 7.11 Å². The van der Waals surface area contributed by atoms with Crippen molar-refractivity contribution in [3.63, 3.8) is 0 Å². The molecule has 1 fully saturated rings. The molecule has 3 N–H and O–H groups in total. The topological polar surface area (TPSA) is 62.4 Å². The van der Waals surface area contributed by atoms with Gasteiger partial charge in [-0.15, -0.1) is 0 Å². The Morgan fingerprint density at radius 3 is 2.62 bits per heavy atom. The van der Waals surface area contributed by atoms with Crippen molar-refractivity contribution in [1.29, 1.82) is 0 Å². The fourth-order valence-corrected chi connectivity index (χ4v) is 3.47. The van der Waals surface area contributed by atoms with Crippen molar-refractivity contribution in [2.45, 2.75) is 44.8 Å². The molecular formula is C21H27N3O2. The number of benzene rings is 2. The first kappa shape index (κ1) is 18.4. The Morgan fingerprint density at radius 2 is 1.92 bits per heavy atom. The molecule has 3 rings (SSSR count). The monoisotopic (exact) mass is 353 g/mol. The Bertz CT molecular complexity index is 745. The van der Waals surface area contributed by atoms with E-state index in [2.05, 4.69) is 54.3 Å². The minimum atomic E-state index is -0.116. The van der Waals surface area contributed by atoms with Gasteiger partial charge in [0, 0.05) is 18.4 Å². The Kier molecular flexibility index (Phi) is 5.91. The van der Waals surface area contributed by atoms with Crippen molar-refractivity contribution in [3.05, 3.63) is 65.2 Å². The first-order valence-electron chi connectivity index (χ1n) is 9.07. The molecule has 3 atom stereocenters. The number of carbonyl (C=O) groups excluding carboxylic acids is 1. The van der Waals surface area contributed by atoms with Crippen LogP contribution in [0.3, 0.4) is 0 Å². The van der Waals surface area contributed by atoms with E-state index in [1.165, 1.54) is 11.1 Å². The van der Waals surface area contributed by atoms with Gasteiger partial charge in [-0.25, -0.2) is 5.43 Å². The number of carbonyl (C=O) groups is 1. The van der Waals surface area contributed by atoms with Gasteiger partial charge in [0.25, 0.3) is 0 Å². The second kappa shape index (κ2) is 8.34. The lowest BCUT2D eigenvalue weighted by Gasteiger charge is -2.23. The molecule has 0 saturated carbocycles. The standard InChI is InChI=1S/C21H27N3O2/c1-14-5-4-6-17(13-14)20-15(2)23-24-21(20)22-19(25)12-9-16-7-10-18(26-3)11-8-16/h4-8,10-11,13,15,20-21,23-24H,9,12H2,1-3H3,(H,22,25). The molecule has 1 heterocycles. The van der Waals surface area contributed by atoms with Crippen molar-refractivity contribution >= 4 is 5.91 Å². The van der Waals surface area contributed by atoms with Crippen LogP contribution in [0.5, 0.6) is 5.75 Å². The van der Waals surface area contributed by atoms with Gasteiger partial charge in [0.15, 0.2) is 0 Å². The predicted molar refractivity (Wildman–Crippen MR) is 103 cm³/mol. The van der Waals surface area contributed by atoms with E-state index >= 15 is 0 Å². The van der Waals surface area contributed by atoms with Crippen LogP contribution in [-0.2, 0) is 11.2 Å². The van der Waals surface area contributed by atoms with E-state index in [0.717, 1.165) is 11.3 Å². The number of amides is 1. The molecule has 1 amide bonds. The lowest BCUT2D eigenvalue weighted by molar-refractivity contribution is -0.122. The summed E-state index contributed by atoms with van der Waals surface area (Å²) in [6.07, 6.45) is 1.05. The SMILES string of the molecule is COc1ccc(CCC(=O)NC2NNC(C)C2c2cccc(C)c2)cc1. The summed E-state index contributed by atoms with van der Waals surface area (Å²) >= 11 is 0. The van der Waals surface area contributed by atoms with Gasteiger partial charge in [0.2, 0.25) is 5.91 Å². The zero-order valence-electron chi connectivity index (χ0n) is 15.6. The first-order valence-corrected chi connectivity index (χ1v) is 9.07. The zero-order valence-corrected chi connectivity index (χ0v) is 15.6. The Hall–Kier alpha value is -2.37. The van der Waals surface area contributed by atoms with Crippen LogP contribution in [0, 0.1) is 6.92 Å². The lowest BCUT2D eigenvalue weighted by Crippen LogP contribution is -2.46. The summed E-state index contributed by atoms with van der Waals surface area (Å²) in [4.78, 5) is 12.4. The predicted octanol–water partition coefficient (Wildman–Crippen LogP) is 2.66. The fourth-order valence-electron chi connectivity index (χ4n) is 3.47. The van der Waals surface area contributed by atoms with Gasteiger partial charge in [0.05, 0.1) is 7.11 Å². The minimum absolute atomic E-state index is 0.0480. The van der Waals surface area contributed by atoms with Gasteiger partial charge in [-0.1, -0.05) is 42.0 Å². The van der Waals surface area contributed by atoms with Gasteiger partial charge in [0.1, 0.15) is 11.9 Å². The summed E-state index contributed by atoms with van der Waals surface area (Å²) in [7, 11) is 1.65. The van der Waals surface area contributed by atoms with Gasteiger partial charge in [-0.05, 0) is 43.5 Å². The number of hydrazine groups is 1. The fraction of sp³-hybridized carbons (Fsp3) is 0.381. The summed E-state index contributed by atoms with van der Waals surface area (Å²) < 4.78 is 5.16. The van der Waals surface area contributed by atoms with E-state index in [-0.39, 0.29) is 24.0 Å². The van der Waals surface area contributed by atoms with Crippen molar-refractivity contribution in [1.82, 2.24) is 16.2 Å². The minimum Gasteiger partial charge on any atom is -0.497 e.